The summed E-state index contributed by atoms with van der Waals surface area (Å²) >= 11 is 0. The van der Waals surface area contributed by atoms with Gasteiger partial charge in [0.05, 0.1) is 30.9 Å². The number of hydrogen-bond acceptors (Lipinski definition) is 4. The van der Waals surface area contributed by atoms with Gasteiger partial charge < -0.3 is 14.9 Å². The lowest BCUT2D eigenvalue weighted by atomic mass is 10.1. The van der Waals surface area contributed by atoms with E-state index in [4.69, 9.17) is 9.84 Å². The molecule has 1 atom stereocenters. The molecule has 2 N–H and O–H groups in total. The number of carbonyl (C=O) groups is 1. The predicted molar refractivity (Wildman–Crippen MR) is 51.7 cm³/mol. The lowest BCUT2D eigenvalue weighted by Gasteiger charge is -2.09. The van der Waals surface area contributed by atoms with Crippen LogP contribution < -0.4 is 4.74 Å². The highest BCUT2D eigenvalue weighted by Gasteiger charge is 2.23. The van der Waals surface area contributed by atoms with Gasteiger partial charge in [-0.05, 0) is 6.92 Å². The molecule has 0 aromatic carbocycles. The minimum atomic E-state index is -1.09. The summed E-state index contributed by atoms with van der Waals surface area (Å²) in [5.41, 5.74) is 1.01. The van der Waals surface area contributed by atoms with Gasteiger partial charge in [-0.3, -0.25) is 4.79 Å². The molecule has 0 aliphatic carbocycles. The van der Waals surface area contributed by atoms with Crippen LogP contribution in [-0.4, -0.2) is 33.1 Å². The van der Waals surface area contributed by atoms with E-state index in [1.54, 1.807) is 14.0 Å². The maximum atomic E-state index is 10.5. The Morgan fingerprint density at radius 1 is 1.67 bits per heavy atom. The van der Waals surface area contributed by atoms with Gasteiger partial charge in [0.2, 0.25) is 5.88 Å². The number of aliphatic hydroxyl groups is 1. The summed E-state index contributed by atoms with van der Waals surface area (Å²) in [5.74, 6) is -0.672. The average molecular weight is 214 g/mol. The normalized spacial score (nSPS) is 12.5. The summed E-state index contributed by atoms with van der Waals surface area (Å²) in [7, 11) is 3.12. The molecule has 6 nitrogen and oxygen atoms in total. The fourth-order valence-electron chi connectivity index (χ4n) is 1.55. The molecule has 0 aliphatic heterocycles. The largest absolute Gasteiger partial charge is 0.481 e. The molecule has 1 unspecified atom stereocenters. The average Bonchev–Trinajstić information content (AvgIpc) is 2.38. The van der Waals surface area contributed by atoms with Gasteiger partial charge in [-0.15, -0.1) is 0 Å². The van der Waals surface area contributed by atoms with Crippen LogP contribution in [0.25, 0.3) is 0 Å². The number of aromatic nitrogens is 2. The Balaban J connectivity index is 3.06. The van der Waals surface area contributed by atoms with Crippen LogP contribution in [-0.2, 0) is 11.8 Å². The molecule has 0 bridgehead atoms. The SMILES string of the molecule is COc1c(C(O)CC(=O)O)c(C)nn1C. The monoisotopic (exact) mass is 214 g/mol. The summed E-state index contributed by atoms with van der Waals surface area (Å²) in [6, 6.07) is 0. The van der Waals surface area contributed by atoms with Crippen molar-refractivity contribution < 1.29 is 19.7 Å². The van der Waals surface area contributed by atoms with E-state index in [9.17, 15) is 9.90 Å². The van der Waals surface area contributed by atoms with Crippen molar-refractivity contribution in [2.45, 2.75) is 19.4 Å². The van der Waals surface area contributed by atoms with Gasteiger partial charge in [-0.25, -0.2) is 4.68 Å². The standard InChI is InChI=1S/C9H14N2O4/c1-5-8(6(12)4-7(13)14)9(15-3)11(2)10-5/h6,12H,4H2,1-3H3,(H,13,14). The van der Waals surface area contributed by atoms with Gasteiger partial charge in [0.15, 0.2) is 0 Å². The Hall–Kier alpha value is -1.56. The van der Waals surface area contributed by atoms with Gasteiger partial charge in [0.25, 0.3) is 0 Å². The number of aliphatic hydroxyl groups excluding tert-OH is 1. The summed E-state index contributed by atoms with van der Waals surface area (Å²) in [5, 5.41) is 22.3. The number of ether oxygens (including phenoxy) is 1. The summed E-state index contributed by atoms with van der Waals surface area (Å²) in [6.07, 6.45) is -1.45. The van der Waals surface area contributed by atoms with Crippen molar-refractivity contribution in [3.8, 4) is 5.88 Å². The minimum Gasteiger partial charge on any atom is -0.481 e. The third-order valence-corrected chi connectivity index (χ3v) is 2.11. The van der Waals surface area contributed by atoms with Gasteiger partial charge in [-0.2, -0.15) is 5.10 Å². The van der Waals surface area contributed by atoms with E-state index < -0.39 is 12.1 Å². The van der Waals surface area contributed by atoms with Crippen LogP contribution in [0.4, 0.5) is 0 Å². The van der Waals surface area contributed by atoms with Gasteiger partial charge in [0.1, 0.15) is 0 Å². The highest BCUT2D eigenvalue weighted by atomic mass is 16.5. The first-order valence-corrected chi connectivity index (χ1v) is 4.44. The second kappa shape index (κ2) is 4.31. The number of carboxylic acid groups (broad SMARTS) is 1. The zero-order chi connectivity index (χ0) is 11.6. The number of aryl methyl sites for hydroxylation is 2. The van der Waals surface area contributed by atoms with Crippen molar-refractivity contribution in [2.75, 3.05) is 7.11 Å². The molecule has 1 aromatic rings. The summed E-state index contributed by atoms with van der Waals surface area (Å²) < 4.78 is 6.52. The smallest absolute Gasteiger partial charge is 0.306 e. The Morgan fingerprint density at radius 3 is 2.73 bits per heavy atom. The second-order valence-corrected chi connectivity index (χ2v) is 3.25. The van der Waals surface area contributed by atoms with Crippen LogP contribution in [0.15, 0.2) is 0 Å². The number of rotatable bonds is 4. The van der Waals surface area contributed by atoms with Gasteiger partial charge >= 0.3 is 5.97 Å². The molecule has 1 heterocycles. The van der Waals surface area contributed by atoms with Crippen LogP contribution >= 0.6 is 0 Å². The first kappa shape index (κ1) is 11.5. The Kier molecular flexibility index (Phi) is 3.31. The van der Waals surface area contributed by atoms with Crippen LogP contribution in [0.2, 0.25) is 0 Å². The van der Waals surface area contributed by atoms with E-state index >= 15 is 0 Å². The van der Waals surface area contributed by atoms with Crippen LogP contribution in [0.3, 0.4) is 0 Å². The molecule has 0 spiro atoms. The zero-order valence-electron chi connectivity index (χ0n) is 8.89. The molecule has 0 aliphatic rings. The van der Waals surface area contributed by atoms with Crippen LogP contribution in [0, 0.1) is 6.92 Å². The molecule has 0 amide bonds. The third kappa shape index (κ3) is 2.27. The van der Waals surface area contributed by atoms with Crippen molar-refractivity contribution in [1.29, 1.82) is 0 Å². The molecule has 0 saturated heterocycles. The van der Waals surface area contributed by atoms with Crippen LogP contribution in [0.1, 0.15) is 23.8 Å². The van der Waals surface area contributed by atoms with Crippen molar-refractivity contribution in [1.82, 2.24) is 9.78 Å². The molecule has 0 fully saturated rings. The third-order valence-electron chi connectivity index (χ3n) is 2.11. The molecular weight excluding hydrogens is 200 g/mol. The molecule has 0 saturated carbocycles. The maximum absolute atomic E-state index is 10.5. The molecule has 1 aromatic heterocycles. The first-order valence-electron chi connectivity index (χ1n) is 4.44. The number of hydrogen-bond donors (Lipinski definition) is 2. The summed E-state index contributed by atoms with van der Waals surface area (Å²) in [6.45, 7) is 1.70. The Morgan fingerprint density at radius 2 is 2.27 bits per heavy atom. The molecule has 15 heavy (non-hydrogen) atoms. The van der Waals surface area contributed by atoms with E-state index in [0.717, 1.165) is 0 Å². The van der Waals surface area contributed by atoms with Crippen molar-refractivity contribution >= 4 is 5.97 Å². The van der Waals surface area contributed by atoms with E-state index in [1.165, 1.54) is 11.8 Å². The van der Waals surface area contributed by atoms with E-state index in [1.807, 2.05) is 0 Å². The second-order valence-electron chi connectivity index (χ2n) is 3.25. The quantitative estimate of drug-likeness (QED) is 0.750. The molecule has 1 rings (SSSR count). The van der Waals surface area contributed by atoms with Crippen LogP contribution in [0.5, 0.6) is 5.88 Å². The lowest BCUT2D eigenvalue weighted by Crippen LogP contribution is -2.07. The van der Waals surface area contributed by atoms with E-state index in [2.05, 4.69) is 5.10 Å². The van der Waals surface area contributed by atoms with E-state index in [-0.39, 0.29) is 6.42 Å². The van der Waals surface area contributed by atoms with Crippen molar-refractivity contribution in [3.05, 3.63) is 11.3 Å². The molecule has 84 valence electrons. The Bertz CT molecular complexity index is 372. The fraction of sp³-hybridized carbons (Fsp3) is 0.556. The molecule has 0 radical (unpaired) electrons. The molecule has 6 heteroatoms. The van der Waals surface area contributed by atoms with Gasteiger partial charge in [-0.1, -0.05) is 0 Å². The van der Waals surface area contributed by atoms with Crippen molar-refractivity contribution in [3.63, 3.8) is 0 Å². The minimum absolute atomic E-state index is 0.358. The topological polar surface area (TPSA) is 84.6 Å². The number of aliphatic carboxylic acids is 1. The summed E-state index contributed by atoms with van der Waals surface area (Å²) in [4.78, 5) is 10.5. The zero-order valence-corrected chi connectivity index (χ0v) is 8.89. The first-order chi connectivity index (χ1) is 6.97. The molecular formula is C9H14N2O4. The highest BCUT2D eigenvalue weighted by molar-refractivity contribution is 5.68. The number of carboxylic acids is 1. The number of nitrogens with zero attached hydrogens (tertiary/aromatic N) is 2. The fourth-order valence-corrected chi connectivity index (χ4v) is 1.55. The van der Waals surface area contributed by atoms with Crippen molar-refractivity contribution in [2.24, 2.45) is 7.05 Å². The lowest BCUT2D eigenvalue weighted by molar-refractivity contribution is -0.139. The maximum Gasteiger partial charge on any atom is 0.306 e. The highest BCUT2D eigenvalue weighted by Crippen LogP contribution is 2.29. The predicted octanol–water partition coefficient (Wildman–Crippen LogP) is 0.245. The van der Waals surface area contributed by atoms with Gasteiger partial charge in [0, 0.05) is 7.05 Å². The number of methoxy groups -OCH3 is 1. The Labute approximate surface area is 87.1 Å². The van der Waals surface area contributed by atoms with E-state index in [0.29, 0.717) is 17.1 Å².